The minimum Gasteiger partial charge on any atom is -0.481 e. The summed E-state index contributed by atoms with van der Waals surface area (Å²) >= 11 is 0. The molecule has 1 aromatic rings. The molecule has 0 bridgehead atoms. The van der Waals surface area contributed by atoms with Crippen LogP contribution in [0.25, 0.3) is 0 Å². The maximum atomic E-state index is 13.5. The van der Waals surface area contributed by atoms with Crippen LogP contribution in [0.2, 0.25) is 0 Å². The summed E-state index contributed by atoms with van der Waals surface area (Å²) in [6, 6.07) is 0. The number of anilines is 2. The highest BCUT2D eigenvalue weighted by molar-refractivity contribution is 5.76. The molecular weight excluding hydrogens is 303 g/mol. The maximum Gasteiger partial charge on any atom is 0.311 e. The van der Waals surface area contributed by atoms with E-state index in [0.717, 1.165) is 12.6 Å². The zero-order chi connectivity index (χ0) is 16.9. The fourth-order valence-electron chi connectivity index (χ4n) is 3.03. The van der Waals surface area contributed by atoms with Gasteiger partial charge in [0, 0.05) is 33.9 Å². The summed E-state index contributed by atoms with van der Waals surface area (Å²) in [5.74, 6) is -0.874. The fourth-order valence-corrected chi connectivity index (χ4v) is 3.03. The van der Waals surface area contributed by atoms with Crippen LogP contribution in [-0.2, 0) is 9.53 Å². The number of hydrogen-bond donors (Lipinski definition) is 2. The molecule has 1 fully saturated rings. The molecular formula is C15H23FN4O3. The van der Waals surface area contributed by atoms with Gasteiger partial charge in [-0.3, -0.25) is 4.79 Å². The highest BCUT2D eigenvalue weighted by Gasteiger charge is 2.42. The zero-order valence-electron chi connectivity index (χ0n) is 13.5. The van der Waals surface area contributed by atoms with Gasteiger partial charge in [-0.1, -0.05) is 0 Å². The van der Waals surface area contributed by atoms with Gasteiger partial charge in [0.2, 0.25) is 5.95 Å². The molecule has 0 aromatic carbocycles. The van der Waals surface area contributed by atoms with E-state index < -0.39 is 17.2 Å². The van der Waals surface area contributed by atoms with E-state index in [0.29, 0.717) is 44.9 Å². The van der Waals surface area contributed by atoms with Crippen LogP contribution in [0.4, 0.5) is 16.2 Å². The Morgan fingerprint density at radius 2 is 2.39 bits per heavy atom. The van der Waals surface area contributed by atoms with Crippen LogP contribution in [0.5, 0.6) is 0 Å². The van der Waals surface area contributed by atoms with Crippen LogP contribution in [0.1, 0.15) is 25.7 Å². The largest absolute Gasteiger partial charge is 0.481 e. The predicted molar refractivity (Wildman–Crippen MR) is 84.2 cm³/mol. The van der Waals surface area contributed by atoms with Gasteiger partial charge in [0.05, 0.1) is 11.6 Å². The summed E-state index contributed by atoms with van der Waals surface area (Å²) in [6.07, 6.45) is 3.67. The first-order chi connectivity index (χ1) is 11.0. The maximum absolute atomic E-state index is 13.5. The topological polar surface area (TPSA) is 87.6 Å². The third-order valence-corrected chi connectivity index (χ3v) is 4.29. The molecule has 0 spiro atoms. The zero-order valence-corrected chi connectivity index (χ0v) is 13.5. The molecule has 0 unspecified atom stereocenters. The SMILES string of the molecule is CNc1nc(N2CCC[C@](CCCOC)(C(=O)O)C2)ncc1F. The quantitative estimate of drug-likeness (QED) is 0.738. The number of carboxylic acid groups (broad SMARTS) is 1. The minimum absolute atomic E-state index is 0.112. The molecule has 0 saturated carbocycles. The van der Waals surface area contributed by atoms with Crippen molar-refractivity contribution in [3.63, 3.8) is 0 Å². The van der Waals surface area contributed by atoms with Crippen molar-refractivity contribution in [3.8, 4) is 0 Å². The Kier molecular flexibility index (Phi) is 5.70. The molecule has 1 aliphatic heterocycles. The van der Waals surface area contributed by atoms with Crippen LogP contribution in [0, 0.1) is 11.2 Å². The second-order valence-electron chi connectivity index (χ2n) is 5.82. The van der Waals surface area contributed by atoms with Gasteiger partial charge in [-0.05, 0) is 25.7 Å². The first kappa shape index (κ1) is 17.4. The summed E-state index contributed by atoms with van der Waals surface area (Å²) in [6.45, 7) is 1.51. The molecule has 0 radical (unpaired) electrons. The Hall–Kier alpha value is -1.96. The minimum atomic E-state index is -0.839. The second-order valence-corrected chi connectivity index (χ2v) is 5.82. The molecule has 8 heteroatoms. The Bertz CT molecular complexity index is 558. The van der Waals surface area contributed by atoms with E-state index >= 15 is 0 Å². The van der Waals surface area contributed by atoms with Crippen molar-refractivity contribution in [2.45, 2.75) is 25.7 Å². The number of aromatic nitrogens is 2. The average molecular weight is 326 g/mol. The van der Waals surface area contributed by atoms with Crippen molar-refractivity contribution < 1.29 is 19.0 Å². The molecule has 0 amide bonds. The monoisotopic (exact) mass is 326 g/mol. The second kappa shape index (κ2) is 7.54. The van der Waals surface area contributed by atoms with Crippen LogP contribution < -0.4 is 10.2 Å². The van der Waals surface area contributed by atoms with Gasteiger partial charge in [-0.25, -0.2) is 9.37 Å². The molecule has 1 saturated heterocycles. The summed E-state index contributed by atoms with van der Waals surface area (Å²) in [5, 5.41) is 12.4. The van der Waals surface area contributed by atoms with Gasteiger partial charge >= 0.3 is 5.97 Å². The lowest BCUT2D eigenvalue weighted by Gasteiger charge is -2.40. The van der Waals surface area contributed by atoms with Crippen LogP contribution in [0.3, 0.4) is 0 Å². The summed E-state index contributed by atoms with van der Waals surface area (Å²) < 4.78 is 18.5. The van der Waals surface area contributed by atoms with Gasteiger partial charge in [0.25, 0.3) is 0 Å². The normalized spacial score (nSPS) is 21.3. The Balaban J connectivity index is 2.19. The number of halogens is 1. The molecule has 23 heavy (non-hydrogen) atoms. The number of carbonyl (C=O) groups is 1. The van der Waals surface area contributed by atoms with E-state index in [1.807, 2.05) is 4.90 Å². The van der Waals surface area contributed by atoms with E-state index in [1.165, 1.54) is 0 Å². The summed E-state index contributed by atoms with van der Waals surface area (Å²) in [4.78, 5) is 21.8. The van der Waals surface area contributed by atoms with Crippen molar-refractivity contribution in [1.29, 1.82) is 0 Å². The average Bonchev–Trinajstić information content (AvgIpc) is 2.55. The van der Waals surface area contributed by atoms with Gasteiger partial charge in [0.15, 0.2) is 11.6 Å². The van der Waals surface area contributed by atoms with E-state index in [9.17, 15) is 14.3 Å². The van der Waals surface area contributed by atoms with Crippen molar-refractivity contribution in [3.05, 3.63) is 12.0 Å². The lowest BCUT2D eigenvalue weighted by Crippen LogP contribution is -2.48. The molecule has 7 nitrogen and oxygen atoms in total. The lowest BCUT2D eigenvalue weighted by molar-refractivity contribution is -0.150. The molecule has 2 N–H and O–H groups in total. The molecule has 1 aromatic heterocycles. The van der Waals surface area contributed by atoms with Gasteiger partial charge in [-0.15, -0.1) is 0 Å². The number of aliphatic carboxylic acids is 1. The van der Waals surface area contributed by atoms with Crippen molar-refractivity contribution in [2.75, 3.05) is 44.1 Å². The predicted octanol–water partition coefficient (Wildman–Crippen LogP) is 1.76. The number of methoxy groups -OCH3 is 1. The van der Waals surface area contributed by atoms with Gasteiger partial charge in [-0.2, -0.15) is 4.98 Å². The van der Waals surface area contributed by atoms with Gasteiger partial charge < -0.3 is 20.1 Å². The number of ether oxygens (including phenoxy) is 1. The molecule has 0 aliphatic carbocycles. The molecule has 2 rings (SSSR count). The van der Waals surface area contributed by atoms with E-state index in [1.54, 1.807) is 14.2 Å². The number of hydrogen-bond acceptors (Lipinski definition) is 6. The smallest absolute Gasteiger partial charge is 0.311 e. The third-order valence-electron chi connectivity index (χ3n) is 4.29. The Labute approximate surface area is 134 Å². The molecule has 1 aliphatic rings. The number of nitrogens with zero attached hydrogens (tertiary/aromatic N) is 3. The fraction of sp³-hybridized carbons (Fsp3) is 0.667. The Morgan fingerprint density at radius 1 is 1.61 bits per heavy atom. The van der Waals surface area contributed by atoms with Crippen LogP contribution in [-0.4, -0.2) is 54.9 Å². The number of nitrogens with one attached hydrogen (secondary N) is 1. The van der Waals surface area contributed by atoms with Crippen LogP contribution >= 0.6 is 0 Å². The first-order valence-corrected chi connectivity index (χ1v) is 7.70. The van der Waals surface area contributed by atoms with E-state index in [-0.39, 0.29) is 5.82 Å². The van der Waals surface area contributed by atoms with Crippen molar-refractivity contribution in [2.24, 2.45) is 5.41 Å². The standard InChI is InChI=1S/C15H23FN4O3/c1-17-12-11(16)9-18-14(19-12)20-7-3-5-15(10-20,13(21)22)6-4-8-23-2/h9H,3-8,10H2,1-2H3,(H,21,22)(H,17,18,19)/t15-/m1/s1. The van der Waals surface area contributed by atoms with E-state index in [2.05, 4.69) is 15.3 Å². The highest BCUT2D eigenvalue weighted by Crippen LogP contribution is 2.36. The Morgan fingerprint density at radius 3 is 3.04 bits per heavy atom. The molecule has 1 atom stereocenters. The summed E-state index contributed by atoms with van der Waals surface area (Å²) in [5.41, 5.74) is -0.839. The van der Waals surface area contributed by atoms with Gasteiger partial charge in [0.1, 0.15) is 0 Å². The molecule has 128 valence electrons. The number of piperidine rings is 1. The third kappa shape index (κ3) is 3.87. The highest BCUT2D eigenvalue weighted by atomic mass is 19.1. The number of rotatable bonds is 7. The lowest BCUT2D eigenvalue weighted by atomic mass is 9.76. The number of carboxylic acids is 1. The van der Waals surface area contributed by atoms with E-state index in [4.69, 9.17) is 4.74 Å². The van der Waals surface area contributed by atoms with Crippen molar-refractivity contribution in [1.82, 2.24) is 9.97 Å². The van der Waals surface area contributed by atoms with Crippen LogP contribution in [0.15, 0.2) is 6.20 Å². The first-order valence-electron chi connectivity index (χ1n) is 7.70. The molecule has 2 heterocycles. The van der Waals surface area contributed by atoms with Crippen molar-refractivity contribution >= 4 is 17.7 Å². The summed E-state index contributed by atoms with van der Waals surface area (Å²) in [7, 11) is 3.18.